The summed E-state index contributed by atoms with van der Waals surface area (Å²) in [6.07, 6.45) is 2.25. The maximum Gasteiger partial charge on any atom is 0.257 e. The van der Waals surface area contributed by atoms with Crippen LogP contribution in [0, 0.1) is 0 Å². The van der Waals surface area contributed by atoms with Crippen LogP contribution in [-0.2, 0) is 6.42 Å². The topological polar surface area (TPSA) is 80.0 Å². The van der Waals surface area contributed by atoms with E-state index in [1.165, 1.54) is 6.20 Å². The van der Waals surface area contributed by atoms with Gasteiger partial charge < -0.3 is 15.2 Å². The Morgan fingerprint density at radius 3 is 3.00 bits per heavy atom. The van der Waals surface area contributed by atoms with Crippen LogP contribution in [0.3, 0.4) is 0 Å². The molecular formula is C13H18N4O2. The fourth-order valence-electron chi connectivity index (χ4n) is 1.71. The quantitative estimate of drug-likeness (QED) is 0.844. The summed E-state index contributed by atoms with van der Waals surface area (Å²) in [7, 11) is 1.86. The summed E-state index contributed by atoms with van der Waals surface area (Å²) in [6.45, 7) is 4.55. The van der Waals surface area contributed by atoms with Crippen LogP contribution in [0.2, 0.25) is 0 Å². The van der Waals surface area contributed by atoms with Crippen molar-refractivity contribution in [1.82, 2.24) is 20.8 Å². The summed E-state index contributed by atoms with van der Waals surface area (Å²) in [5.41, 5.74) is 1.81. The van der Waals surface area contributed by atoms with Crippen molar-refractivity contribution in [3.63, 3.8) is 0 Å². The molecule has 2 rings (SSSR count). The number of aromatic nitrogens is 2. The number of aryl methyl sites for hydroxylation is 1. The van der Waals surface area contributed by atoms with Crippen molar-refractivity contribution in [2.24, 2.45) is 0 Å². The molecule has 2 aromatic rings. The molecule has 102 valence electrons. The van der Waals surface area contributed by atoms with E-state index in [1.54, 1.807) is 6.07 Å². The number of amides is 1. The highest BCUT2D eigenvalue weighted by molar-refractivity contribution is 5.97. The van der Waals surface area contributed by atoms with Crippen LogP contribution in [0.15, 0.2) is 16.8 Å². The van der Waals surface area contributed by atoms with E-state index in [-0.39, 0.29) is 11.9 Å². The van der Waals surface area contributed by atoms with E-state index < -0.39 is 0 Å². The zero-order valence-corrected chi connectivity index (χ0v) is 11.4. The van der Waals surface area contributed by atoms with E-state index in [0.717, 1.165) is 17.5 Å². The molecule has 0 radical (unpaired) electrons. The Balaban J connectivity index is 2.18. The number of nitrogens with zero attached hydrogens (tertiary/aromatic N) is 2. The maximum absolute atomic E-state index is 12.0. The molecule has 0 bridgehead atoms. The first-order chi connectivity index (χ1) is 9.15. The standard InChI is InChI=1S/C13H18N4O2/c1-4-11-10-5-9(7-16-13(10)19-17-11)12(18)15-6-8(2)14-3/h5,7-8,14H,4,6H2,1-3H3,(H,15,18). The van der Waals surface area contributed by atoms with Crippen molar-refractivity contribution < 1.29 is 9.32 Å². The summed E-state index contributed by atoms with van der Waals surface area (Å²) in [5, 5.41) is 10.6. The third kappa shape index (κ3) is 2.90. The highest BCUT2D eigenvalue weighted by Crippen LogP contribution is 2.18. The van der Waals surface area contributed by atoms with Gasteiger partial charge in [-0.05, 0) is 26.5 Å². The number of hydrogen-bond donors (Lipinski definition) is 2. The number of likely N-dealkylation sites (N-methyl/N-ethyl adjacent to an activating group) is 1. The van der Waals surface area contributed by atoms with Gasteiger partial charge in [0.15, 0.2) is 0 Å². The van der Waals surface area contributed by atoms with Gasteiger partial charge in [0.2, 0.25) is 0 Å². The molecule has 2 heterocycles. The van der Waals surface area contributed by atoms with Gasteiger partial charge in [0.05, 0.1) is 16.6 Å². The summed E-state index contributed by atoms with van der Waals surface area (Å²) in [5.74, 6) is -0.139. The lowest BCUT2D eigenvalue weighted by atomic mass is 10.1. The average molecular weight is 262 g/mol. The molecule has 0 aliphatic heterocycles. The zero-order chi connectivity index (χ0) is 13.8. The van der Waals surface area contributed by atoms with Gasteiger partial charge in [0, 0.05) is 18.8 Å². The Labute approximate surface area is 111 Å². The smallest absolute Gasteiger partial charge is 0.257 e. The molecule has 0 aliphatic carbocycles. The van der Waals surface area contributed by atoms with Gasteiger partial charge in [-0.2, -0.15) is 0 Å². The van der Waals surface area contributed by atoms with Gasteiger partial charge >= 0.3 is 0 Å². The van der Waals surface area contributed by atoms with Crippen LogP contribution in [0.1, 0.15) is 29.9 Å². The number of carbonyl (C=O) groups is 1. The zero-order valence-electron chi connectivity index (χ0n) is 11.4. The first-order valence-electron chi connectivity index (χ1n) is 6.35. The number of pyridine rings is 1. The van der Waals surface area contributed by atoms with E-state index in [4.69, 9.17) is 4.52 Å². The molecule has 0 fully saturated rings. The Morgan fingerprint density at radius 1 is 1.53 bits per heavy atom. The monoisotopic (exact) mass is 262 g/mol. The molecule has 6 nitrogen and oxygen atoms in total. The van der Waals surface area contributed by atoms with Crippen molar-refractivity contribution in [3.05, 3.63) is 23.5 Å². The molecular weight excluding hydrogens is 244 g/mol. The highest BCUT2D eigenvalue weighted by atomic mass is 16.5. The third-order valence-corrected chi connectivity index (χ3v) is 3.06. The minimum absolute atomic E-state index is 0.139. The van der Waals surface area contributed by atoms with Gasteiger partial charge in [-0.1, -0.05) is 12.1 Å². The molecule has 1 amide bonds. The Morgan fingerprint density at radius 2 is 2.32 bits per heavy atom. The second-order valence-corrected chi connectivity index (χ2v) is 4.46. The molecule has 2 aromatic heterocycles. The van der Waals surface area contributed by atoms with Crippen LogP contribution in [0.5, 0.6) is 0 Å². The lowest BCUT2D eigenvalue weighted by molar-refractivity contribution is 0.0950. The first-order valence-corrected chi connectivity index (χ1v) is 6.35. The van der Waals surface area contributed by atoms with Crippen LogP contribution >= 0.6 is 0 Å². The number of nitrogens with one attached hydrogen (secondary N) is 2. The SMILES string of the molecule is CCc1noc2ncc(C(=O)NCC(C)NC)cc12. The normalized spacial score (nSPS) is 12.6. The number of carbonyl (C=O) groups excluding carboxylic acids is 1. The van der Waals surface area contributed by atoms with Gasteiger partial charge in [0.1, 0.15) is 0 Å². The van der Waals surface area contributed by atoms with Crippen LogP contribution < -0.4 is 10.6 Å². The summed E-state index contributed by atoms with van der Waals surface area (Å²) >= 11 is 0. The van der Waals surface area contributed by atoms with Gasteiger partial charge in [-0.3, -0.25) is 4.79 Å². The predicted molar refractivity (Wildman–Crippen MR) is 72.0 cm³/mol. The molecule has 0 saturated heterocycles. The van der Waals surface area contributed by atoms with Crippen molar-refractivity contribution in [2.45, 2.75) is 26.3 Å². The highest BCUT2D eigenvalue weighted by Gasteiger charge is 2.12. The second-order valence-electron chi connectivity index (χ2n) is 4.46. The van der Waals surface area contributed by atoms with Gasteiger partial charge in [-0.15, -0.1) is 0 Å². The molecule has 19 heavy (non-hydrogen) atoms. The number of rotatable bonds is 5. The maximum atomic E-state index is 12.0. The summed E-state index contributed by atoms with van der Waals surface area (Å²) in [4.78, 5) is 16.1. The third-order valence-electron chi connectivity index (χ3n) is 3.06. The first kappa shape index (κ1) is 13.5. The van der Waals surface area contributed by atoms with E-state index >= 15 is 0 Å². The Hall–Kier alpha value is -1.95. The van der Waals surface area contributed by atoms with Crippen molar-refractivity contribution in [2.75, 3.05) is 13.6 Å². The predicted octanol–water partition coefficient (Wildman–Crippen LogP) is 1.12. The molecule has 0 aromatic carbocycles. The van der Waals surface area contributed by atoms with Gasteiger partial charge in [0.25, 0.3) is 11.6 Å². The number of fused-ring (bicyclic) bond motifs is 1. The Bertz CT molecular complexity index is 579. The van der Waals surface area contributed by atoms with Crippen LogP contribution in [0.4, 0.5) is 0 Å². The fraction of sp³-hybridized carbons (Fsp3) is 0.462. The van der Waals surface area contributed by atoms with Crippen molar-refractivity contribution in [1.29, 1.82) is 0 Å². The summed E-state index contributed by atoms with van der Waals surface area (Å²) < 4.78 is 5.09. The van der Waals surface area contributed by atoms with Crippen LogP contribution in [-0.4, -0.2) is 35.7 Å². The molecule has 1 atom stereocenters. The number of hydrogen-bond acceptors (Lipinski definition) is 5. The Kier molecular flexibility index (Phi) is 4.11. The summed E-state index contributed by atoms with van der Waals surface area (Å²) in [6, 6.07) is 2.00. The fourth-order valence-corrected chi connectivity index (χ4v) is 1.71. The van der Waals surface area contributed by atoms with Crippen molar-refractivity contribution >= 4 is 17.0 Å². The van der Waals surface area contributed by atoms with Gasteiger partial charge in [-0.25, -0.2) is 4.98 Å². The van der Waals surface area contributed by atoms with E-state index in [9.17, 15) is 4.79 Å². The molecule has 1 unspecified atom stereocenters. The minimum atomic E-state index is -0.139. The van der Waals surface area contributed by atoms with E-state index in [1.807, 2.05) is 20.9 Å². The molecule has 0 aliphatic rings. The largest absolute Gasteiger partial charge is 0.350 e. The molecule has 0 saturated carbocycles. The molecule has 6 heteroatoms. The second kappa shape index (κ2) is 5.79. The van der Waals surface area contributed by atoms with Crippen LogP contribution in [0.25, 0.3) is 11.1 Å². The molecule has 2 N–H and O–H groups in total. The van der Waals surface area contributed by atoms with E-state index in [0.29, 0.717) is 17.8 Å². The average Bonchev–Trinajstić information content (AvgIpc) is 2.86. The molecule has 0 spiro atoms. The lowest BCUT2D eigenvalue weighted by Gasteiger charge is -2.11. The van der Waals surface area contributed by atoms with E-state index in [2.05, 4.69) is 20.8 Å². The van der Waals surface area contributed by atoms with Crippen molar-refractivity contribution in [3.8, 4) is 0 Å². The lowest BCUT2D eigenvalue weighted by Crippen LogP contribution is -2.37. The minimum Gasteiger partial charge on any atom is -0.350 e.